The zero-order valence-corrected chi connectivity index (χ0v) is 16.4. The highest BCUT2D eigenvalue weighted by molar-refractivity contribution is 5.94. The highest BCUT2D eigenvalue weighted by atomic mass is 16.5. The first-order chi connectivity index (χ1) is 13.0. The number of ether oxygens (including phenoxy) is 2. The van der Waals surface area contributed by atoms with Crippen molar-refractivity contribution in [3.05, 3.63) is 17.0 Å². The Bertz CT molecular complexity index is 668. The van der Waals surface area contributed by atoms with E-state index in [4.69, 9.17) is 14.0 Å². The number of methoxy groups -OCH3 is 1. The minimum atomic E-state index is -0.154. The maximum atomic E-state index is 13.0. The van der Waals surface area contributed by atoms with Crippen molar-refractivity contribution in [2.24, 2.45) is 0 Å². The highest BCUT2D eigenvalue weighted by Gasteiger charge is 2.35. The fourth-order valence-corrected chi connectivity index (χ4v) is 4.17. The van der Waals surface area contributed by atoms with Crippen LogP contribution in [0.3, 0.4) is 0 Å². The van der Waals surface area contributed by atoms with E-state index in [1.54, 1.807) is 25.9 Å². The Hall–Kier alpha value is -1.93. The summed E-state index contributed by atoms with van der Waals surface area (Å²) in [6, 6.07) is 0.219. The lowest BCUT2D eigenvalue weighted by atomic mass is 9.98. The number of aromatic nitrogens is 1. The highest BCUT2D eigenvalue weighted by Crippen LogP contribution is 2.25. The molecule has 2 saturated heterocycles. The second kappa shape index (κ2) is 8.84. The molecular formula is C19H29N3O5. The lowest BCUT2D eigenvalue weighted by Crippen LogP contribution is -2.55. The summed E-state index contributed by atoms with van der Waals surface area (Å²) in [6.45, 7) is 6.23. The zero-order valence-electron chi connectivity index (χ0n) is 16.4. The Morgan fingerprint density at radius 2 is 2.00 bits per heavy atom. The van der Waals surface area contributed by atoms with Gasteiger partial charge in [0.1, 0.15) is 5.76 Å². The molecule has 3 heterocycles. The predicted molar refractivity (Wildman–Crippen MR) is 97.2 cm³/mol. The molecule has 0 saturated carbocycles. The van der Waals surface area contributed by atoms with Crippen LogP contribution in [0.4, 0.5) is 0 Å². The van der Waals surface area contributed by atoms with E-state index < -0.39 is 0 Å². The van der Waals surface area contributed by atoms with Crippen LogP contribution in [0.15, 0.2) is 4.52 Å². The number of amides is 2. The molecule has 0 radical (unpaired) electrons. The molecular weight excluding hydrogens is 350 g/mol. The standard InChI is InChI=1S/C19H29N3O5/c1-13-17(12-25-3)18(20-27-13)19(24)21-8-4-5-16(11-21)22(14(2)23)15-6-9-26-10-7-15/h15-16H,4-12H2,1-3H3. The molecule has 8 nitrogen and oxygen atoms in total. The van der Waals surface area contributed by atoms with Gasteiger partial charge in [-0.25, -0.2) is 0 Å². The number of likely N-dealkylation sites (tertiary alicyclic amines) is 1. The molecule has 150 valence electrons. The fraction of sp³-hybridized carbons (Fsp3) is 0.737. The second-order valence-corrected chi connectivity index (χ2v) is 7.32. The summed E-state index contributed by atoms with van der Waals surface area (Å²) < 4.78 is 15.8. The molecule has 3 rings (SSSR count). The molecule has 2 amide bonds. The van der Waals surface area contributed by atoms with E-state index in [1.165, 1.54) is 0 Å². The van der Waals surface area contributed by atoms with Crippen LogP contribution in [0.25, 0.3) is 0 Å². The third-order valence-electron chi connectivity index (χ3n) is 5.50. The Labute approximate surface area is 159 Å². The fourth-order valence-electron chi connectivity index (χ4n) is 4.17. The SMILES string of the molecule is COCc1c(C(=O)N2CCCC(N(C(C)=O)C3CCOCC3)C2)noc1C. The van der Waals surface area contributed by atoms with Crippen LogP contribution in [0, 0.1) is 6.92 Å². The molecule has 2 aliphatic rings. The molecule has 1 aromatic heterocycles. The maximum absolute atomic E-state index is 13.0. The molecule has 0 aliphatic carbocycles. The number of nitrogens with zero attached hydrogens (tertiary/aromatic N) is 3. The molecule has 1 unspecified atom stereocenters. The van der Waals surface area contributed by atoms with Crippen molar-refractivity contribution < 1.29 is 23.6 Å². The van der Waals surface area contributed by atoms with E-state index in [2.05, 4.69) is 5.16 Å². The van der Waals surface area contributed by atoms with E-state index in [-0.39, 0.29) is 30.5 Å². The Balaban J connectivity index is 1.74. The molecule has 0 aromatic carbocycles. The van der Waals surface area contributed by atoms with Gasteiger partial charge in [0, 0.05) is 52.4 Å². The van der Waals surface area contributed by atoms with Crippen molar-refractivity contribution in [2.45, 2.75) is 58.2 Å². The van der Waals surface area contributed by atoms with Crippen LogP contribution in [0.2, 0.25) is 0 Å². The summed E-state index contributed by atoms with van der Waals surface area (Å²) in [4.78, 5) is 29.2. The van der Waals surface area contributed by atoms with Gasteiger partial charge in [-0.2, -0.15) is 0 Å². The van der Waals surface area contributed by atoms with Crippen molar-refractivity contribution in [3.8, 4) is 0 Å². The van der Waals surface area contributed by atoms with Gasteiger partial charge in [-0.05, 0) is 32.6 Å². The van der Waals surface area contributed by atoms with Gasteiger partial charge in [0.15, 0.2) is 5.69 Å². The molecule has 0 N–H and O–H groups in total. The summed E-state index contributed by atoms with van der Waals surface area (Å²) >= 11 is 0. The average molecular weight is 379 g/mol. The van der Waals surface area contributed by atoms with Gasteiger partial charge in [0.25, 0.3) is 5.91 Å². The van der Waals surface area contributed by atoms with Gasteiger partial charge < -0.3 is 23.8 Å². The normalized spacial score (nSPS) is 21.3. The molecule has 1 atom stereocenters. The summed E-state index contributed by atoms with van der Waals surface area (Å²) in [5.74, 6) is 0.513. The van der Waals surface area contributed by atoms with Gasteiger partial charge >= 0.3 is 0 Å². The lowest BCUT2D eigenvalue weighted by Gasteiger charge is -2.43. The lowest BCUT2D eigenvalue weighted by molar-refractivity contribution is -0.137. The van der Waals surface area contributed by atoms with Crippen molar-refractivity contribution >= 4 is 11.8 Å². The van der Waals surface area contributed by atoms with E-state index in [0.29, 0.717) is 43.3 Å². The maximum Gasteiger partial charge on any atom is 0.276 e. The Morgan fingerprint density at radius 1 is 1.26 bits per heavy atom. The first kappa shape index (κ1) is 19.8. The van der Waals surface area contributed by atoms with Gasteiger partial charge in [-0.1, -0.05) is 5.16 Å². The molecule has 8 heteroatoms. The van der Waals surface area contributed by atoms with Crippen LogP contribution in [-0.2, 0) is 20.9 Å². The van der Waals surface area contributed by atoms with E-state index in [0.717, 1.165) is 25.7 Å². The van der Waals surface area contributed by atoms with Crippen molar-refractivity contribution in [2.75, 3.05) is 33.4 Å². The number of carbonyl (C=O) groups excluding carboxylic acids is 2. The average Bonchev–Trinajstić information content (AvgIpc) is 3.03. The quantitative estimate of drug-likeness (QED) is 0.775. The monoisotopic (exact) mass is 379 g/mol. The molecule has 27 heavy (non-hydrogen) atoms. The zero-order chi connectivity index (χ0) is 19.4. The van der Waals surface area contributed by atoms with Crippen LogP contribution in [0.1, 0.15) is 54.4 Å². The first-order valence-corrected chi connectivity index (χ1v) is 9.63. The van der Waals surface area contributed by atoms with Crippen LogP contribution in [0.5, 0.6) is 0 Å². The van der Waals surface area contributed by atoms with Crippen LogP contribution in [-0.4, -0.2) is 72.3 Å². The van der Waals surface area contributed by atoms with Gasteiger partial charge in [-0.3, -0.25) is 9.59 Å². The molecule has 0 bridgehead atoms. The van der Waals surface area contributed by atoms with E-state index in [1.807, 2.05) is 4.90 Å². The number of hydrogen-bond donors (Lipinski definition) is 0. The Kier molecular flexibility index (Phi) is 6.49. The van der Waals surface area contributed by atoms with Crippen LogP contribution < -0.4 is 0 Å². The third-order valence-corrected chi connectivity index (χ3v) is 5.50. The number of piperidine rings is 1. The predicted octanol–water partition coefficient (Wildman–Crippen LogP) is 1.76. The Morgan fingerprint density at radius 3 is 2.67 bits per heavy atom. The summed E-state index contributed by atoms with van der Waals surface area (Å²) in [6.07, 6.45) is 3.47. The van der Waals surface area contributed by atoms with Crippen molar-refractivity contribution in [1.29, 1.82) is 0 Å². The molecule has 2 aliphatic heterocycles. The number of rotatable bonds is 5. The second-order valence-electron chi connectivity index (χ2n) is 7.32. The smallest absolute Gasteiger partial charge is 0.276 e. The van der Waals surface area contributed by atoms with Crippen molar-refractivity contribution in [1.82, 2.24) is 15.0 Å². The van der Waals surface area contributed by atoms with E-state index in [9.17, 15) is 9.59 Å². The van der Waals surface area contributed by atoms with Gasteiger partial charge in [0.2, 0.25) is 5.91 Å². The van der Waals surface area contributed by atoms with Gasteiger partial charge in [-0.15, -0.1) is 0 Å². The topological polar surface area (TPSA) is 85.1 Å². The molecule has 0 spiro atoms. The number of aryl methyl sites for hydroxylation is 1. The van der Waals surface area contributed by atoms with E-state index >= 15 is 0 Å². The van der Waals surface area contributed by atoms with Crippen molar-refractivity contribution in [3.63, 3.8) is 0 Å². The molecule has 1 aromatic rings. The third kappa shape index (κ3) is 4.32. The molecule has 2 fully saturated rings. The summed E-state index contributed by atoms with van der Waals surface area (Å²) in [5, 5.41) is 3.96. The summed E-state index contributed by atoms with van der Waals surface area (Å²) in [7, 11) is 1.58. The number of carbonyl (C=O) groups is 2. The van der Waals surface area contributed by atoms with Gasteiger partial charge in [0.05, 0.1) is 12.2 Å². The van der Waals surface area contributed by atoms with Crippen LogP contribution >= 0.6 is 0 Å². The summed E-state index contributed by atoms with van der Waals surface area (Å²) in [5.41, 5.74) is 1.01. The minimum absolute atomic E-state index is 0.0298. The minimum Gasteiger partial charge on any atom is -0.381 e. The largest absolute Gasteiger partial charge is 0.381 e. The number of hydrogen-bond acceptors (Lipinski definition) is 6. The first-order valence-electron chi connectivity index (χ1n) is 9.63.